The number of benzene rings is 1. The molecule has 12 heteroatoms. The average molecular weight is 546 g/mol. The minimum Gasteiger partial charge on any atom is -0.386 e. The Kier molecular flexibility index (Phi) is 8.07. The summed E-state index contributed by atoms with van der Waals surface area (Å²) in [6, 6.07) is 7.87. The second-order valence-corrected chi connectivity index (χ2v) is 10.4. The normalized spacial score (nSPS) is 15.2. The molecule has 38 heavy (non-hydrogen) atoms. The van der Waals surface area contributed by atoms with Gasteiger partial charge in [-0.3, -0.25) is 14.5 Å². The molecule has 1 unspecified atom stereocenters. The van der Waals surface area contributed by atoms with Gasteiger partial charge in [0.05, 0.1) is 35.6 Å². The second kappa shape index (κ2) is 11.1. The molecule has 1 aromatic carbocycles. The van der Waals surface area contributed by atoms with Crippen molar-refractivity contribution in [3.8, 4) is 10.4 Å². The molecule has 202 valence electrons. The molecule has 1 fully saturated rings. The van der Waals surface area contributed by atoms with Gasteiger partial charge in [0, 0.05) is 25.0 Å². The maximum absolute atomic E-state index is 15.0. The number of amides is 2. The van der Waals surface area contributed by atoms with Gasteiger partial charge in [-0.05, 0) is 49.7 Å². The number of pyridine rings is 1. The van der Waals surface area contributed by atoms with Crippen LogP contribution in [0.2, 0.25) is 0 Å². The van der Waals surface area contributed by atoms with Gasteiger partial charge in [0.2, 0.25) is 5.91 Å². The first-order valence-electron chi connectivity index (χ1n) is 11.9. The van der Waals surface area contributed by atoms with Gasteiger partial charge < -0.3 is 26.2 Å². The number of nitrogens with two attached hydrogens (primary N) is 1. The molecule has 3 aromatic rings. The Labute approximate surface area is 222 Å². The van der Waals surface area contributed by atoms with Crippen LogP contribution < -0.4 is 16.4 Å². The first-order valence-corrected chi connectivity index (χ1v) is 12.7. The van der Waals surface area contributed by atoms with Crippen LogP contribution >= 0.6 is 11.3 Å². The molecule has 1 saturated heterocycles. The lowest BCUT2D eigenvalue weighted by atomic mass is 9.96. The third-order valence-corrected chi connectivity index (χ3v) is 7.26. The molecule has 2 aromatic heterocycles. The predicted octanol–water partition coefficient (Wildman–Crippen LogP) is 3.28. The average Bonchev–Trinajstić information content (AvgIpc) is 3.27. The summed E-state index contributed by atoms with van der Waals surface area (Å²) in [7, 11) is 1.55. The van der Waals surface area contributed by atoms with E-state index in [2.05, 4.69) is 15.6 Å². The highest BCUT2D eigenvalue weighted by atomic mass is 32.1. The number of aromatic nitrogens is 1. The topological polar surface area (TPSA) is 130 Å². The van der Waals surface area contributed by atoms with E-state index in [0.717, 1.165) is 23.5 Å². The number of ether oxygens (including phenoxy) is 1. The molecule has 2 amide bonds. The number of thiophene rings is 1. The van der Waals surface area contributed by atoms with Crippen molar-refractivity contribution in [2.24, 2.45) is 5.73 Å². The predicted molar refractivity (Wildman–Crippen MR) is 140 cm³/mol. The molecular formula is C26H29F2N5O4S. The number of nitrogens with zero attached hydrogens (tertiary/aromatic N) is 2. The van der Waals surface area contributed by atoms with Crippen molar-refractivity contribution < 1.29 is 28.2 Å². The fourth-order valence-electron chi connectivity index (χ4n) is 4.20. The molecule has 0 aliphatic carbocycles. The number of rotatable bonds is 8. The van der Waals surface area contributed by atoms with Gasteiger partial charge in [-0.1, -0.05) is 6.07 Å². The van der Waals surface area contributed by atoms with Crippen molar-refractivity contribution in [3.63, 3.8) is 0 Å². The molecule has 0 bridgehead atoms. The third kappa shape index (κ3) is 5.83. The number of hydrogen-bond acceptors (Lipinski definition) is 8. The number of carbonyl (C=O) groups excluding carboxylic acids is 2. The van der Waals surface area contributed by atoms with Crippen molar-refractivity contribution in [2.75, 3.05) is 38.7 Å². The summed E-state index contributed by atoms with van der Waals surface area (Å²) in [5.41, 5.74) is 4.37. The van der Waals surface area contributed by atoms with E-state index >= 15 is 0 Å². The summed E-state index contributed by atoms with van der Waals surface area (Å²) in [5, 5.41) is 16.1. The van der Waals surface area contributed by atoms with Crippen molar-refractivity contribution in [1.82, 2.24) is 15.2 Å². The van der Waals surface area contributed by atoms with E-state index in [-0.39, 0.29) is 32.5 Å². The smallest absolute Gasteiger partial charge is 0.251 e. The summed E-state index contributed by atoms with van der Waals surface area (Å²) in [6.07, 6.45) is 0. The number of nitrogens with one attached hydrogen (secondary N) is 2. The Balaban J connectivity index is 1.69. The molecule has 1 atom stereocenters. The standard InChI is InChI=1S/C26H29F2N5O4S/c1-26(2,36)14-11-16(27)21(17(28)12-14)19-13-15(23(29)34)25(38-19)32-20-6-4-5-18(31-20)22(24(35)30-3)33-7-9-37-10-8-33/h4-6,11-13,22,36H,7-10H2,1-3H3,(H2,29,34)(H,30,35)(H,31,32). The summed E-state index contributed by atoms with van der Waals surface area (Å²) < 4.78 is 35.4. The van der Waals surface area contributed by atoms with E-state index < -0.39 is 29.2 Å². The van der Waals surface area contributed by atoms with Gasteiger partial charge in [0.25, 0.3) is 5.91 Å². The van der Waals surface area contributed by atoms with Crippen molar-refractivity contribution in [2.45, 2.75) is 25.5 Å². The van der Waals surface area contributed by atoms with Crippen molar-refractivity contribution in [3.05, 3.63) is 64.9 Å². The van der Waals surface area contributed by atoms with E-state index in [1.807, 2.05) is 4.90 Å². The molecular weight excluding hydrogens is 516 g/mol. The zero-order valence-electron chi connectivity index (χ0n) is 21.2. The number of likely N-dealkylation sites (N-methyl/N-ethyl adjacent to an activating group) is 1. The number of morpholine rings is 1. The zero-order chi connectivity index (χ0) is 27.6. The largest absolute Gasteiger partial charge is 0.386 e. The Hall–Kier alpha value is -3.45. The Morgan fingerprint density at radius 3 is 2.42 bits per heavy atom. The first-order chi connectivity index (χ1) is 18.0. The van der Waals surface area contributed by atoms with E-state index in [0.29, 0.717) is 37.8 Å². The third-order valence-electron chi connectivity index (χ3n) is 6.19. The quantitative estimate of drug-likeness (QED) is 0.342. The lowest BCUT2D eigenvalue weighted by Crippen LogP contribution is -2.45. The summed E-state index contributed by atoms with van der Waals surface area (Å²) in [5.74, 6) is -2.47. The van der Waals surface area contributed by atoms with Crippen LogP contribution in [-0.2, 0) is 15.1 Å². The fourth-order valence-corrected chi connectivity index (χ4v) is 5.32. The molecule has 9 nitrogen and oxygen atoms in total. The SMILES string of the molecule is CNC(=O)C(c1cccc(Nc2sc(-c3c(F)cc(C(C)(C)O)cc3F)cc2C(N)=O)n1)N1CCOCC1. The lowest BCUT2D eigenvalue weighted by molar-refractivity contribution is -0.128. The van der Waals surface area contributed by atoms with Crippen LogP contribution in [0, 0.1) is 11.6 Å². The van der Waals surface area contributed by atoms with E-state index in [1.54, 1.807) is 25.2 Å². The molecule has 0 radical (unpaired) electrons. The van der Waals surface area contributed by atoms with Gasteiger partial charge in [-0.25, -0.2) is 13.8 Å². The number of hydrogen-bond donors (Lipinski definition) is 4. The first kappa shape index (κ1) is 27.6. The highest BCUT2D eigenvalue weighted by Crippen LogP contribution is 2.40. The van der Waals surface area contributed by atoms with E-state index in [1.165, 1.54) is 19.9 Å². The van der Waals surface area contributed by atoms with E-state index in [9.17, 15) is 23.5 Å². The lowest BCUT2D eigenvalue weighted by Gasteiger charge is -2.33. The molecule has 3 heterocycles. The number of halogens is 2. The van der Waals surface area contributed by atoms with Crippen LogP contribution in [0.1, 0.15) is 41.5 Å². The number of carbonyl (C=O) groups is 2. The fraction of sp³-hybridized carbons (Fsp3) is 0.346. The van der Waals surface area contributed by atoms with Crippen LogP contribution in [-0.4, -0.2) is 60.2 Å². The summed E-state index contributed by atoms with van der Waals surface area (Å²) >= 11 is 0.930. The molecule has 1 aliphatic rings. The Morgan fingerprint density at radius 2 is 1.84 bits per heavy atom. The monoisotopic (exact) mass is 545 g/mol. The number of aliphatic hydroxyl groups is 1. The van der Waals surface area contributed by atoms with Crippen LogP contribution in [0.3, 0.4) is 0 Å². The minimum atomic E-state index is -1.44. The zero-order valence-corrected chi connectivity index (χ0v) is 22.0. The highest BCUT2D eigenvalue weighted by Gasteiger charge is 2.30. The van der Waals surface area contributed by atoms with Gasteiger partial charge >= 0.3 is 0 Å². The van der Waals surface area contributed by atoms with Crippen LogP contribution in [0.5, 0.6) is 0 Å². The summed E-state index contributed by atoms with van der Waals surface area (Å²) in [4.78, 5) is 31.6. The maximum Gasteiger partial charge on any atom is 0.251 e. The van der Waals surface area contributed by atoms with Crippen LogP contribution in [0.25, 0.3) is 10.4 Å². The molecule has 0 spiro atoms. The number of anilines is 2. The molecule has 5 N–H and O–H groups in total. The van der Waals surface area contributed by atoms with Gasteiger partial charge in [-0.15, -0.1) is 11.3 Å². The van der Waals surface area contributed by atoms with Crippen LogP contribution in [0.4, 0.5) is 19.6 Å². The number of primary amides is 1. The second-order valence-electron chi connectivity index (χ2n) is 9.33. The molecule has 4 rings (SSSR count). The van der Waals surface area contributed by atoms with Crippen LogP contribution in [0.15, 0.2) is 36.4 Å². The van der Waals surface area contributed by atoms with Gasteiger partial charge in [0.15, 0.2) is 0 Å². The van der Waals surface area contributed by atoms with Crippen molar-refractivity contribution in [1.29, 1.82) is 0 Å². The summed E-state index contributed by atoms with van der Waals surface area (Å²) in [6.45, 7) is 4.95. The Bertz CT molecular complexity index is 1330. The van der Waals surface area contributed by atoms with Crippen molar-refractivity contribution >= 4 is 34.0 Å². The molecule has 0 saturated carbocycles. The minimum absolute atomic E-state index is 0.0265. The van der Waals surface area contributed by atoms with E-state index in [4.69, 9.17) is 10.5 Å². The van der Waals surface area contributed by atoms with Gasteiger partial charge in [0.1, 0.15) is 28.5 Å². The molecule has 1 aliphatic heterocycles. The van der Waals surface area contributed by atoms with Gasteiger partial charge in [-0.2, -0.15) is 0 Å². The maximum atomic E-state index is 15.0. The highest BCUT2D eigenvalue weighted by molar-refractivity contribution is 7.20. The Morgan fingerprint density at radius 1 is 1.18 bits per heavy atom.